The zero-order chi connectivity index (χ0) is 18.3. The molecule has 1 heterocycles. The molecule has 1 aromatic carbocycles. The van der Waals surface area contributed by atoms with Crippen molar-refractivity contribution in [2.45, 2.75) is 52.1 Å². The van der Waals surface area contributed by atoms with E-state index in [1.165, 1.54) is 50.2 Å². The summed E-state index contributed by atoms with van der Waals surface area (Å²) in [6.07, 6.45) is 4.69. The molecule has 0 aromatic heterocycles. The molecule has 5 heteroatoms. The minimum absolute atomic E-state index is 0.150. The molecular weight excluding hydrogens is 319 g/mol. The van der Waals surface area contributed by atoms with Gasteiger partial charge < -0.3 is 15.0 Å². The van der Waals surface area contributed by atoms with E-state index in [1.807, 2.05) is 0 Å². The largest absolute Gasteiger partial charge is 0.478 e. The second kappa shape index (κ2) is 9.18. The van der Waals surface area contributed by atoms with Crippen LogP contribution in [0.2, 0.25) is 0 Å². The number of carbonyl (C=O) groups excluding carboxylic acids is 1. The first-order valence-corrected chi connectivity index (χ1v) is 9.32. The van der Waals surface area contributed by atoms with Crippen LogP contribution < -0.4 is 10.1 Å². The smallest absolute Gasteiger partial charge is 0.263 e. The second-order valence-electron chi connectivity index (χ2n) is 7.58. The maximum Gasteiger partial charge on any atom is 0.263 e. The highest BCUT2D eigenvalue weighted by molar-refractivity contribution is 5.84. The topological polar surface area (TPSA) is 41.6 Å². The van der Waals surface area contributed by atoms with E-state index in [-0.39, 0.29) is 11.7 Å². The van der Waals surface area contributed by atoms with Crippen molar-refractivity contribution in [3.8, 4) is 5.75 Å². The molecular formula is C20H31FN2O2. The van der Waals surface area contributed by atoms with Crippen LogP contribution >= 0.6 is 0 Å². The number of ether oxygens (including phenoxy) is 1. The number of hydrogen-bond acceptors (Lipinski definition) is 3. The maximum atomic E-state index is 12.9. The van der Waals surface area contributed by atoms with E-state index >= 15 is 0 Å². The highest BCUT2D eigenvalue weighted by Gasteiger charge is 2.29. The van der Waals surface area contributed by atoms with Gasteiger partial charge in [0.15, 0.2) is 5.60 Å². The van der Waals surface area contributed by atoms with Gasteiger partial charge in [0.05, 0.1) is 0 Å². The Balaban J connectivity index is 1.65. The van der Waals surface area contributed by atoms with Gasteiger partial charge >= 0.3 is 0 Å². The third-order valence-electron chi connectivity index (χ3n) is 4.66. The number of hydrogen-bond donors (Lipinski definition) is 1. The Kier molecular flexibility index (Phi) is 7.24. The maximum absolute atomic E-state index is 12.9. The van der Waals surface area contributed by atoms with Crippen molar-refractivity contribution in [1.82, 2.24) is 10.2 Å². The molecule has 1 aromatic rings. The molecule has 2 rings (SSSR count). The van der Waals surface area contributed by atoms with Crippen LogP contribution in [0.4, 0.5) is 4.39 Å². The summed E-state index contributed by atoms with van der Waals surface area (Å²) in [6.45, 7) is 9.92. The van der Waals surface area contributed by atoms with Crippen LogP contribution in [-0.2, 0) is 4.79 Å². The molecule has 1 fully saturated rings. The first kappa shape index (κ1) is 19.7. The number of nitrogens with zero attached hydrogens (tertiary/aromatic N) is 1. The number of rotatable bonds is 8. The van der Waals surface area contributed by atoms with Crippen molar-refractivity contribution in [3.05, 3.63) is 30.1 Å². The molecule has 1 aliphatic rings. The number of amides is 1. The molecule has 140 valence electrons. The Morgan fingerprint density at radius 3 is 2.72 bits per heavy atom. The van der Waals surface area contributed by atoms with Crippen LogP contribution in [0.25, 0.3) is 0 Å². The molecule has 1 N–H and O–H groups in total. The van der Waals surface area contributed by atoms with Crippen LogP contribution in [0.15, 0.2) is 24.3 Å². The van der Waals surface area contributed by atoms with Crippen LogP contribution in [0.3, 0.4) is 0 Å². The normalized spacial score (nSPS) is 18.8. The third kappa shape index (κ3) is 6.65. The Bertz CT molecular complexity index is 545. The quantitative estimate of drug-likeness (QED) is 0.728. The zero-order valence-electron chi connectivity index (χ0n) is 15.7. The number of unbranched alkanes of at least 4 members (excludes halogenated alkanes) is 1. The number of nitrogens with one attached hydrogen (secondary N) is 1. The summed E-state index contributed by atoms with van der Waals surface area (Å²) in [4.78, 5) is 14.8. The first-order valence-electron chi connectivity index (χ1n) is 9.32. The van der Waals surface area contributed by atoms with Crippen molar-refractivity contribution in [3.63, 3.8) is 0 Å². The zero-order valence-corrected chi connectivity index (χ0v) is 15.7. The van der Waals surface area contributed by atoms with Gasteiger partial charge in [-0.3, -0.25) is 4.79 Å². The fourth-order valence-electron chi connectivity index (χ4n) is 3.21. The summed E-state index contributed by atoms with van der Waals surface area (Å²) in [5.41, 5.74) is -0.986. The number of piperidine rings is 1. The predicted octanol–water partition coefficient (Wildman–Crippen LogP) is 3.61. The molecule has 0 spiro atoms. The van der Waals surface area contributed by atoms with Gasteiger partial charge in [0.2, 0.25) is 0 Å². The van der Waals surface area contributed by atoms with Crippen molar-refractivity contribution in [2.24, 2.45) is 5.92 Å². The Hall–Kier alpha value is -1.62. The van der Waals surface area contributed by atoms with Crippen molar-refractivity contribution >= 4 is 5.91 Å². The Labute approximate surface area is 150 Å². The Morgan fingerprint density at radius 2 is 2.04 bits per heavy atom. The number of likely N-dealkylation sites (tertiary alicyclic amines) is 1. The molecule has 0 saturated carbocycles. The molecule has 0 aliphatic carbocycles. The van der Waals surface area contributed by atoms with E-state index in [2.05, 4.69) is 17.1 Å². The van der Waals surface area contributed by atoms with E-state index in [0.29, 0.717) is 12.3 Å². The highest BCUT2D eigenvalue weighted by Crippen LogP contribution is 2.19. The molecule has 0 radical (unpaired) electrons. The summed E-state index contributed by atoms with van der Waals surface area (Å²) in [5, 5.41) is 2.94. The van der Waals surface area contributed by atoms with Gasteiger partial charge in [0.25, 0.3) is 5.91 Å². The van der Waals surface area contributed by atoms with Crippen molar-refractivity contribution < 1.29 is 13.9 Å². The molecule has 1 saturated heterocycles. The molecule has 1 unspecified atom stereocenters. The summed E-state index contributed by atoms with van der Waals surface area (Å²) in [5.74, 6) is 0.819. The fourth-order valence-corrected chi connectivity index (χ4v) is 3.21. The van der Waals surface area contributed by atoms with Gasteiger partial charge in [-0.25, -0.2) is 4.39 Å². The molecule has 0 bridgehead atoms. The van der Waals surface area contributed by atoms with E-state index in [0.717, 1.165) is 25.3 Å². The minimum Gasteiger partial charge on any atom is -0.478 e. The number of carbonyl (C=O) groups is 1. The van der Waals surface area contributed by atoms with Gasteiger partial charge in [-0.15, -0.1) is 0 Å². The molecule has 1 aliphatic heterocycles. The molecule has 1 amide bonds. The average molecular weight is 350 g/mol. The van der Waals surface area contributed by atoms with Gasteiger partial charge in [0.1, 0.15) is 11.6 Å². The lowest BCUT2D eigenvalue weighted by Crippen LogP contribution is -2.46. The fraction of sp³-hybridized carbons (Fsp3) is 0.650. The number of benzene rings is 1. The summed E-state index contributed by atoms with van der Waals surface area (Å²) >= 11 is 0. The lowest BCUT2D eigenvalue weighted by molar-refractivity contribution is -0.134. The predicted molar refractivity (Wildman–Crippen MR) is 98.2 cm³/mol. The van der Waals surface area contributed by atoms with Gasteiger partial charge in [-0.05, 0) is 82.8 Å². The van der Waals surface area contributed by atoms with Crippen LogP contribution in [0, 0.1) is 11.7 Å². The van der Waals surface area contributed by atoms with E-state index in [4.69, 9.17) is 4.74 Å². The molecule has 4 nitrogen and oxygen atoms in total. The standard InChI is InChI=1S/C20H31FN2O2/c1-16-7-6-14-23(15-16)13-5-4-12-22-19(24)20(2,3)25-18-10-8-17(21)9-11-18/h8-11,16H,4-7,12-15H2,1-3H3,(H,22,24). The van der Waals surface area contributed by atoms with Crippen molar-refractivity contribution in [1.29, 1.82) is 0 Å². The van der Waals surface area contributed by atoms with E-state index in [1.54, 1.807) is 13.8 Å². The summed E-state index contributed by atoms with van der Waals surface area (Å²) in [6, 6.07) is 5.71. The van der Waals surface area contributed by atoms with Crippen LogP contribution in [0.5, 0.6) is 5.75 Å². The lowest BCUT2D eigenvalue weighted by Gasteiger charge is -2.30. The summed E-state index contributed by atoms with van der Waals surface area (Å²) in [7, 11) is 0. The van der Waals surface area contributed by atoms with Crippen LogP contribution in [0.1, 0.15) is 46.5 Å². The SMILES string of the molecule is CC1CCCN(CCCCNC(=O)C(C)(C)Oc2ccc(F)cc2)C1. The second-order valence-corrected chi connectivity index (χ2v) is 7.58. The van der Waals surface area contributed by atoms with Gasteiger partial charge in [-0.2, -0.15) is 0 Å². The lowest BCUT2D eigenvalue weighted by atomic mass is 10.0. The monoisotopic (exact) mass is 350 g/mol. The van der Waals surface area contributed by atoms with Crippen molar-refractivity contribution in [2.75, 3.05) is 26.2 Å². The van der Waals surface area contributed by atoms with E-state index < -0.39 is 5.60 Å². The first-order chi connectivity index (χ1) is 11.9. The number of halogens is 1. The Morgan fingerprint density at radius 1 is 1.32 bits per heavy atom. The molecule has 25 heavy (non-hydrogen) atoms. The van der Waals surface area contributed by atoms with Gasteiger partial charge in [-0.1, -0.05) is 6.92 Å². The van der Waals surface area contributed by atoms with Gasteiger partial charge in [0, 0.05) is 13.1 Å². The summed E-state index contributed by atoms with van der Waals surface area (Å²) < 4.78 is 18.6. The van der Waals surface area contributed by atoms with Crippen LogP contribution in [-0.4, -0.2) is 42.6 Å². The third-order valence-corrected chi connectivity index (χ3v) is 4.66. The molecule has 1 atom stereocenters. The van der Waals surface area contributed by atoms with E-state index in [9.17, 15) is 9.18 Å². The minimum atomic E-state index is -0.986. The highest BCUT2D eigenvalue weighted by atomic mass is 19.1. The average Bonchev–Trinajstić information content (AvgIpc) is 2.56.